The number of hydrogen-bond donors (Lipinski definition) is 8. The number of allylic oxidation sites excluding steroid dienone is 4. The van der Waals surface area contributed by atoms with Crippen molar-refractivity contribution in [3.63, 3.8) is 0 Å². The van der Waals surface area contributed by atoms with E-state index in [9.17, 15) is 44.4 Å². The smallest absolute Gasteiger partial charge is 0.185 e. The maximum atomic E-state index is 11.3. The van der Waals surface area contributed by atoms with E-state index in [4.69, 9.17) is 10.2 Å². The van der Waals surface area contributed by atoms with Gasteiger partial charge in [0.25, 0.3) is 0 Å². The van der Waals surface area contributed by atoms with Crippen LogP contribution >= 0.6 is 25.3 Å². The van der Waals surface area contributed by atoms with E-state index in [-0.39, 0.29) is 68.2 Å². The highest BCUT2D eigenvalue weighted by molar-refractivity contribution is 7.81. The topological polar surface area (TPSA) is 207 Å². The first-order valence-electron chi connectivity index (χ1n) is 15.0. The number of thiol groups is 2. The molecule has 0 fully saturated rings. The summed E-state index contributed by atoms with van der Waals surface area (Å²) in [6.45, 7) is 20.3. The Bertz CT molecular complexity index is 1890. The number of phenols is 6. The van der Waals surface area contributed by atoms with Crippen LogP contribution in [0.25, 0.3) is 12.2 Å². The molecule has 4 aromatic carbocycles. The van der Waals surface area contributed by atoms with Gasteiger partial charge in [-0.2, -0.15) is 0 Å². The molecule has 0 saturated carbocycles. The number of ketones is 4. The van der Waals surface area contributed by atoms with Gasteiger partial charge in [-0.05, 0) is 72.8 Å². The van der Waals surface area contributed by atoms with Crippen molar-refractivity contribution in [2.24, 2.45) is 0 Å². The molecule has 13 heteroatoms. The van der Waals surface area contributed by atoms with Crippen LogP contribution in [-0.2, 0) is 0 Å². The third kappa shape index (κ3) is 12.7. The van der Waals surface area contributed by atoms with Crippen LogP contribution in [0, 0.1) is 0 Å². The number of carbonyl (C=O) groups excluding carboxylic acids is 5. The van der Waals surface area contributed by atoms with Gasteiger partial charge in [-0.25, -0.2) is 0 Å². The van der Waals surface area contributed by atoms with Crippen molar-refractivity contribution >= 4 is 66.8 Å². The number of hydrogen-bond acceptors (Lipinski definition) is 13. The molecule has 0 aromatic heterocycles. The van der Waals surface area contributed by atoms with Crippen molar-refractivity contribution < 1.29 is 54.6 Å². The zero-order valence-corrected chi connectivity index (χ0v) is 30.4. The molecule has 0 aliphatic rings. The summed E-state index contributed by atoms with van der Waals surface area (Å²) in [7, 11) is 0. The van der Waals surface area contributed by atoms with Gasteiger partial charge in [0.1, 0.15) is 34.5 Å². The molecule has 0 radical (unpaired) electrons. The van der Waals surface area contributed by atoms with Crippen molar-refractivity contribution in [3.8, 4) is 34.5 Å². The molecule has 54 heavy (non-hydrogen) atoms. The molecule has 0 unspecified atom stereocenters. The minimum Gasteiger partial charge on any atom is -0.508 e. The van der Waals surface area contributed by atoms with Crippen LogP contribution in [0.15, 0.2) is 128 Å². The standard InChI is InChI=1S/C11H10O3.C11H10OS2.C10H8O4.C9H8O3/c2*1-3-8-10(13)5-7(6-11(8)14)9(12)4-2;1-2-8(12)6-3-9(13)7(5-11)10(14)4-6;1-2-9(12)6-3-7(10)5-8(11)4-6/h2*3-6,13-14H,1-2H2;2-5,13-14H,1H2;2-5,10-11H,1H2. The van der Waals surface area contributed by atoms with Crippen molar-refractivity contribution in [1.82, 2.24) is 0 Å². The van der Waals surface area contributed by atoms with E-state index in [0.717, 1.165) is 42.0 Å². The lowest BCUT2D eigenvalue weighted by molar-refractivity contribution is 0.103. The Labute approximate surface area is 322 Å². The number of aldehydes is 1. The van der Waals surface area contributed by atoms with Crippen LogP contribution in [0.5, 0.6) is 34.5 Å². The number of rotatable bonds is 11. The quantitative estimate of drug-likeness (QED) is 0.0316. The molecule has 0 heterocycles. The van der Waals surface area contributed by atoms with Gasteiger partial charge in [-0.15, -0.1) is 25.3 Å². The molecule has 0 atom stereocenters. The third-order valence-electron chi connectivity index (χ3n) is 6.72. The first kappa shape index (κ1) is 45.2. The van der Waals surface area contributed by atoms with Gasteiger partial charge in [0.15, 0.2) is 29.4 Å². The fourth-order valence-electron chi connectivity index (χ4n) is 4.04. The van der Waals surface area contributed by atoms with E-state index in [1.165, 1.54) is 36.4 Å². The molecule has 0 saturated heterocycles. The van der Waals surface area contributed by atoms with E-state index in [1.807, 2.05) is 0 Å². The van der Waals surface area contributed by atoms with Gasteiger partial charge in [-0.1, -0.05) is 51.6 Å². The predicted octanol–water partition coefficient (Wildman–Crippen LogP) is 8.13. The van der Waals surface area contributed by atoms with Gasteiger partial charge in [-0.3, -0.25) is 24.0 Å². The van der Waals surface area contributed by atoms with Crippen molar-refractivity contribution in [2.45, 2.75) is 9.79 Å². The second kappa shape index (κ2) is 21.5. The van der Waals surface area contributed by atoms with Gasteiger partial charge < -0.3 is 30.6 Å². The summed E-state index contributed by atoms with van der Waals surface area (Å²) >= 11 is 8.49. The van der Waals surface area contributed by atoms with Crippen molar-refractivity contribution in [3.05, 3.63) is 157 Å². The summed E-state index contributed by atoms with van der Waals surface area (Å²) in [6, 6.07) is 11.8. The largest absolute Gasteiger partial charge is 0.508 e. The molecule has 11 nitrogen and oxygen atoms in total. The summed E-state index contributed by atoms with van der Waals surface area (Å²) in [6.07, 6.45) is 7.83. The predicted molar refractivity (Wildman–Crippen MR) is 214 cm³/mol. The van der Waals surface area contributed by atoms with E-state index in [1.54, 1.807) is 18.2 Å². The maximum absolute atomic E-state index is 11.3. The molecule has 6 N–H and O–H groups in total. The Hall–Kier alpha value is -6.83. The Morgan fingerprint density at radius 3 is 0.981 bits per heavy atom. The molecular formula is C41H36O11S2. The monoisotopic (exact) mass is 768 g/mol. The number of aromatic hydroxyl groups is 6. The van der Waals surface area contributed by atoms with Crippen LogP contribution in [0.2, 0.25) is 0 Å². The lowest BCUT2D eigenvalue weighted by Crippen LogP contribution is -1.95. The average Bonchev–Trinajstić information content (AvgIpc) is 3.13. The van der Waals surface area contributed by atoms with E-state index in [0.29, 0.717) is 21.6 Å². The molecule has 4 aromatic rings. The van der Waals surface area contributed by atoms with Crippen molar-refractivity contribution in [2.75, 3.05) is 0 Å². The second-order valence-electron chi connectivity index (χ2n) is 10.3. The van der Waals surface area contributed by atoms with E-state index in [2.05, 4.69) is 64.7 Å². The number of benzene rings is 4. The summed E-state index contributed by atoms with van der Waals surface area (Å²) in [5.41, 5.74) is 1.86. The first-order chi connectivity index (χ1) is 25.4. The minimum atomic E-state index is -0.437. The molecule has 0 aliphatic heterocycles. The molecule has 0 amide bonds. The lowest BCUT2D eigenvalue weighted by Gasteiger charge is -2.05. The molecule has 0 aliphatic carbocycles. The van der Waals surface area contributed by atoms with Gasteiger partial charge >= 0.3 is 0 Å². The summed E-state index contributed by atoms with van der Waals surface area (Å²) < 4.78 is 0. The molecule has 0 bridgehead atoms. The maximum Gasteiger partial charge on any atom is 0.185 e. The Morgan fingerprint density at radius 1 is 0.426 bits per heavy atom. The van der Waals surface area contributed by atoms with Crippen molar-refractivity contribution in [1.29, 1.82) is 0 Å². The summed E-state index contributed by atoms with van der Waals surface area (Å²) in [4.78, 5) is 56.3. The highest BCUT2D eigenvalue weighted by atomic mass is 32.1. The first-order valence-corrected chi connectivity index (χ1v) is 15.9. The van der Waals surface area contributed by atoms with Gasteiger partial charge in [0, 0.05) is 43.7 Å². The highest BCUT2D eigenvalue weighted by Gasteiger charge is 2.12. The Morgan fingerprint density at radius 2 is 0.704 bits per heavy atom. The normalized spacial score (nSPS) is 9.44. The lowest BCUT2D eigenvalue weighted by atomic mass is 10.1. The van der Waals surface area contributed by atoms with E-state index >= 15 is 0 Å². The molecule has 0 spiro atoms. The number of phenolic OH excluding ortho intramolecular Hbond substituents is 6. The third-order valence-corrected chi connectivity index (χ3v) is 7.46. The van der Waals surface area contributed by atoms with Crippen LogP contribution in [0.3, 0.4) is 0 Å². The van der Waals surface area contributed by atoms with Crippen LogP contribution < -0.4 is 0 Å². The molecular weight excluding hydrogens is 733 g/mol. The van der Waals surface area contributed by atoms with Crippen LogP contribution in [0.1, 0.15) is 62.9 Å². The zero-order chi connectivity index (χ0) is 41.3. The molecule has 4 rings (SSSR count). The Balaban J connectivity index is 0.000000361. The SMILES string of the molecule is C=CC(=O)c1cc(O)c(C=C)c(O)c1.C=CC(=O)c1cc(O)c(C=O)c(O)c1.C=CC(=O)c1cc(O)cc(O)c1.C=CC(=O)c1cc(S)c(C=C)c(S)c1. The number of carbonyl (C=O) groups is 5. The van der Waals surface area contributed by atoms with Gasteiger partial charge in [0.05, 0.1) is 11.1 Å². The highest BCUT2D eigenvalue weighted by Crippen LogP contribution is 2.30. The minimum absolute atomic E-state index is 0.0839. The fraction of sp³-hybridized carbons (Fsp3) is 0. The summed E-state index contributed by atoms with van der Waals surface area (Å²) in [5, 5.41) is 55.3. The second-order valence-corrected chi connectivity index (χ2v) is 11.3. The molecule has 278 valence electrons. The zero-order valence-electron chi connectivity index (χ0n) is 28.6. The average molecular weight is 769 g/mol. The van der Waals surface area contributed by atoms with Crippen LogP contribution in [-0.4, -0.2) is 60.1 Å². The van der Waals surface area contributed by atoms with Gasteiger partial charge in [0.2, 0.25) is 0 Å². The summed E-state index contributed by atoms with van der Waals surface area (Å²) in [5.74, 6) is -2.74. The Kier molecular flexibility index (Phi) is 18.0. The fourth-order valence-corrected chi connectivity index (χ4v) is 4.83. The van der Waals surface area contributed by atoms with Crippen LogP contribution in [0.4, 0.5) is 0 Å². The van der Waals surface area contributed by atoms with E-state index < -0.39 is 17.3 Å².